The molecule has 0 aliphatic rings. The van der Waals surface area contributed by atoms with Gasteiger partial charge in [0.15, 0.2) is 10.3 Å². The summed E-state index contributed by atoms with van der Waals surface area (Å²) in [7, 11) is 1.54. The molecular weight excluding hydrogens is 268 g/mol. The minimum atomic E-state index is -0.881. The topological polar surface area (TPSA) is 117 Å². The molecule has 0 atom stereocenters. The molecule has 2 heterocycles. The van der Waals surface area contributed by atoms with E-state index in [0.717, 1.165) is 11.8 Å². The Bertz CT molecular complexity index is 788. The van der Waals surface area contributed by atoms with E-state index in [1.165, 1.54) is 11.7 Å². The van der Waals surface area contributed by atoms with Gasteiger partial charge < -0.3 is 0 Å². The van der Waals surface area contributed by atoms with Crippen LogP contribution in [0.2, 0.25) is 0 Å². The number of nitriles is 1. The summed E-state index contributed by atoms with van der Waals surface area (Å²) in [5.74, 6) is 0. The molecule has 0 fully saturated rings. The number of aromatic amines is 1. The molecule has 8 nitrogen and oxygen atoms in total. The van der Waals surface area contributed by atoms with E-state index in [-0.39, 0.29) is 16.0 Å². The maximum Gasteiger partial charge on any atom is 0.339 e. The van der Waals surface area contributed by atoms with E-state index in [1.807, 2.05) is 6.07 Å². The van der Waals surface area contributed by atoms with Gasteiger partial charge >= 0.3 is 11.1 Å². The molecule has 0 amide bonds. The largest absolute Gasteiger partial charge is 0.339 e. The molecule has 0 bridgehead atoms. The van der Waals surface area contributed by atoms with Crippen LogP contribution in [0.25, 0.3) is 0 Å². The van der Waals surface area contributed by atoms with Crippen molar-refractivity contribution in [1.29, 1.82) is 5.26 Å². The van der Waals surface area contributed by atoms with E-state index in [0.29, 0.717) is 5.69 Å². The van der Waals surface area contributed by atoms with Crippen LogP contribution in [0.3, 0.4) is 0 Å². The highest BCUT2D eigenvalue weighted by molar-refractivity contribution is 7.99. The second-order valence-corrected chi connectivity index (χ2v) is 4.52. The van der Waals surface area contributed by atoms with Gasteiger partial charge in [-0.05, 0) is 24.8 Å². The highest BCUT2D eigenvalue weighted by Crippen LogP contribution is 2.20. The van der Waals surface area contributed by atoms with Crippen LogP contribution in [-0.2, 0) is 7.05 Å². The summed E-state index contributed by atoms with van der Waals surface area (Å²) in [4.78, 5) is 34.0. The Hall–Kier alpha value is -2.47. The summed E-state index contributed by atoms with van der Waals surface area (Å²) in [6.45, 7) is 1.73. The quantitative estimate of drug-likeness (QED) is 0.585. The monoisotopic (exact) mass is 276 g/mol. The number of hydrogen-bond acceptors (Lipinski definition) is 7. The molecule has 9 heteroatoms. The first-order valence-corrected chi connectivity index (χ1v) is 5.92. The van der Waals surface area contributed by atoms with Gasteiger partial charge in [-0.2, -0.15) is 10.2 Å². The summed E-state index contributed by atoms with van der Waals surface area (Å²) in [6, 6.07) is 3.46. The lowest BCUT2D eigenvalue weighted by atomic mass is 10.4. The van der Waals surface area contributed by atoms with Crippen molar-refractivity contribution in [1.82, 2.24) is 24.7 Å². The van der Waals surface area contributed by atoms with Crippen molar-refractivity contribution in [2.24, 2.45) is 7.05 Å². The van der Waals surface area contributed by atoms with Gasteiger partial charge in [0.1, 0.15) is 11.8 Å². The number of aromatic nitrogens is 5. The first-order valence-electron chi connectivity index (χ1n) is 5.10. The molecular formula is C10H8N6O2S. The zero-order chi connectivity index (χ0) is 14.0. The number of nitrogens with one attached hydrogen (secondary N) is 1. The van der Waals surface area contributed by atoms with Gasteiger partial charge in [0.25, 0.3) is 0 Å². The molecule has 0 radical (unpaired) electrons. The highest BCUT2D eigenvalue weighted by atomic mass is 32.2. The number of rotatable bonds is 2. The maximum atomic E-state index is 11.2. The van der Waals surface area contributed by atoms with Crippen molar-refractivity contribution >= 4 is 11.8 Å². The molecule has 19 heavy (non-hydrogen) atoms. The Morgan fingerprint density at radius 1 is 1.37 bits per heavy atom. The highest BCUT2D eigenvalue weighted by Gasteiger charge is 2.09. The number of nitrogens with zero attached hydrogens (tertiary/aromatic N) is 5. The molecule has 1 N–H and O–H groups in total. The normalized spacial score (nSPS) is 10.2. The van der Waals surface area contributed by atoms with Gasteiger partial charge in [-0.25, -0.2) is 9.97 Å². The summed E-state index contributed by atoms with van der Waals surface area (Å²) in [5, 5.41) is 11.7. The molecule has 0 aromatic carbocycles. The average Bonchev–Trinajstić information content (AvgIpc) is 2.35. The van der Waals surface area contributed by atoms with Crippen LogP contribution in [0.1, 0.15) is 11.4 Å². The smallest absolute Gasteiger partial charge is 0.265 e. The van der Waals surface area contributed by atoms with E-state index in [2.05, 4.69) is 20.1 Å². The molecule has 0 aliphatic carbocycles. The standard InChI is InChI=1S/C10H8N6O2S/c1-5-3-6(4-11)13-9(12-5)19-10-14-7(17)8(18)15-16(10)2/h3H,1-2H3,(H,15,18). The Morgan fingerprint density at radius 2 is 2.11 bits per heavy atom. The van der Waals surface area contributed by atoms with Gasteiger partial charge in [-0.1, -0.05) is 0 Å². The maximum absolute atomic E-state index is 11.2. The molecule has 2 aromatic heterocycles. The molecule has 0 aliphatic heterocycles. The fraction of sp³-hybridized carbons (Fsp3) is 0.200. The van der Waals surface area contributed by atoms with Crippen molar-refractivity contribution < 1.29 is 0 Å². The second kappa shape index (κ2) is 5.03. The molecule has 0 unspecified atom stereocenters. The van der Waals surface area contributed by atoms with E-state index in [4.69, 9.17) is 5.26 Å². The fourth-order valence-electron chi connectivity index (χ4n) is 1.28. The van der Waals surface area contributed by atoms with E-state index >= 15 is 0 Å². The zero-order valence-electron chi connectivity index (χ0n) is 10.0. The third-order valence-electron chi connectivity index (χ3n) is 2.08. The molecule has 0 saturated heterocycles. The van der Waals surface area contributed by atoms with Gasteiger partial charge in [-0.15, -0.1) is 0 Å². The summed E-state index contributed by atoms with van der Waals surface area (Å²) < 4.78 is 1.30. The number of aryl methyl sites for hydroxylation is 2. The van der Waals surface area contributed by atoms with Crippen LogP contribution in [0.5, 0.6) is 0 Å². The lowest BCUT2D eigenvalue weighted by Crippen LogP contribution is -2.33. The minimum Gasteiger partial charge on any atom is -0.265 e. The second-order valence-electron chi connectivity index (χ2n) is 3.59. The number of H-pyrrole nitrogens is 1. The minimum absolute atomic E-state index is 0.226. The molecule has 2 rings (SSSR count). The van der Waals surface area contributed by atoms with E-state index in [9.17, 15) is 9.59 Å². The lowest BCUT2D eigenvalue weighted by molar-refractivity contribution is 0.595. The Morgan fingerprint density at radius 3 is 2.79 bits per heavy atom. The fourth-order valence-corrected chi connectivity index (χ4v) is 2.09. The van der Waals surface area contributed by atoms with Crippen LogP contribution in [0.15, 0.2) is 26.0 Å². The molecule has 0 spiro atoms. The summed E-state index contributed by atoms with van der Waals surface area (Å²) in [6.07, 6.45) is 0. The average molecular weight is 276 g/mol. The van der Waals surface area contributed by atoms with Crippen LogP contribution in [0, 0.1) is 18.3 Å². The Labute approximate surface area is 111 Å². The van der Waals surface area contributed by atoms with Gasteiger partial charge in [0, 0.05) is 12.7 Å². The summed E-state index contributed by atoms with van der Waals surface area (Å²) >= 11 is 0.989. The van der Waals surface area contributed by atoms with Crippen LogP contribution in [0.4, 0.5) is 0 Å². The Balaban J connectivity index is 2.45. The summed E-state index contributed by atoms with van der Waals surface area (Å²) in [5.41, 5.74) is -0.823. The van der Waals surface area contributed by atoms with E-state index in [1.54, 1.807) is 13.0 Å². The van der Waals surface area contributed by atoms with Crippen LogP contribution in [-0.4, -0.2) is 24.7 Å². The SMILES string of the molecule is Cc1cc(C#N)nc(Sc2nc(=O)c(=O)[nH]n2C)n1. The van der Waals surface area contributed by atoms with Crippen molar-refractivity contribution in [2.75, 3.05) is 0 Å². The third-order valence-corrected chi connectivity index (χ3v) is 2.99. The molecule has 2 aromatic rings. The van der Waals surface area contributed by atoms with Crippen molar-refractivity contribution in [3.05, 3.63) is 38.2 Å². The van der Waals surface area contributed by atoms with Crippen molar-refractivity contribution in [3.63, 3.8) is 0 Å². The van der Waals surface area contributed by atoms with Gasteiger partial charge in [-0.3, -0.25) is 19.4 Å². The van der Waals surface area contributed by atoms with Gasteiger partial charge in [0.05, 0.1) is 0 Å². The first-order chi connectivity index (χ1) is 8.99. The van der Waals surface area contributed by atoms with Crippen LogP contribution < -0.4 is 11.1 Å². The first kappa shape index (κ1) is 13.0. The molecule has 96 valence electrons. The predicted octanol–water partition coefficient (Wildman–Crippen LogP) is -0.410. The van der Waals surface area contributed by atoms with Crippen molar-refractivity contribution in [3.8, 4) is 6.07 Å². The van der Waals surface area contributed by atoms with Crippen LogP contribution >= 0.6 is 11.8 Å². The zero-order valence-corrected chi connectivity index (χ0v) is 10.9. The molecule has 0 saturated carbocycles. The Kier molecular flexibility index (Phi) is 3.43. The third kappa shape index (κ3) is 2.86. The van der Waals surface area contributed by atoms with Crippen molar-refractivity contribution in [2.45, 2.75) is 17.2 Å². The lowest BCUT2D eigenvalue weighted by Gasteiger charge is -2.05. The number of hydrogen-bond donors (Lipinski definition) is 1. The predicted molar refractivity (Wildman–Crippen MR) is 65.7 cm³/mol. The van der Waals surface area contributed by atoms with Gasteiger partial charge in [0.2, 0.25) is 0 Å². The van der Waals surface area contributed by atoms with E-state index < -0.39 is 11.1 Å².